The van der Waals surface area contributed by atoms with Crippen LogP contribution in [0.15, 0.2) is 18.2 Å². The van der Waals surface area contributed by atoms with Crippen LogP contribution in [0.4, 0.5) is 10.1 Å². The molecule has 5 nitrogen and oxygen atoms in total. The van der Waals surface area contributed by atoms with Gasteiger partial charge in [-0.15, -0.1) is 0 Å². The SMILES string of the molecule is COc1cc(F)ccc1NS(=O)(=O)C(C)CNC(C)C. The van der Waals surface area contributed by atoms with Crippen LogP contribution in [0, 0.1) is 5.82 Å². The number of hydrogen-bond donors (Lipinski definition) is 2. The van der Waals surface area contributed by atoms with E-state index in [-0.39, 0.29) is 17.5 Å². The summed E-state index contributed by atoms with van der Waals surface area (Å²) in [4.78, 5) is 0. The molecule has 0 aromatic heterocycles. The van der Waals surface area contributed by atoms with Gasteiger partial charge in [-0.25, -0.2) is 12.8 Å². The molecule has 20 heavy (non-hydrogen) atoms. The molecule has 0 spiro atoms. The number of nitrogens with one attached hydrogen (secondary N) is 2. The van der Waals surface area contributed by atoms with Crippen molar-refractivity contribution in [1.29, 1.82) is 0 Å². The first-order valence-electron chi connectivity index (χ1n) is 6.35. The molecule has 1 atom stereocenters. The summed E-state index contributed by atoms with van der Waals surface area (Å²) in [6, 6.07) is 3.86. The fourth-order valence-corrected chi connectivity index (χ4v) is 2.51. The lowest BCUT2D eigenvalue weighted by Gasteiger charge is -2.18. The molecule has 0 saturated heterocycles. The highest BCUT2D eigenvalue weighted by molar-refractivity contribution is 7.93. The van der Waals surface area contributed by atoms with Crippen LogP contribution in [0.1, 0.15) is 20.8 Å². The van der Waals surface area contributed by atoms with Crippen LogP contribution in [-0.4, -0.2) is 33.4 Å². The number of ether oxygens (including phenoxy) is 1. The minimum absolute atomic E-state index is 0.151. The summed E-state index contributed by atoms with van der Waals surface area (Å²) in [7, 11) is -2.21. The van der Waals surface area contributed by atoms with Crippen molar-refractivity contribution < 1.29 is 17.5 Å². The smallest absolute Gasteiger partial charge is 0.236 e. The average molecular weight is 304 g/mol. The topological polar surface area (TPSA) is 67.4 Å². The molecule has 0 amide bonds. The summed E-state index contributed by atoms with van der Waals surface area (Å²) in [5, 5.41) is 2.44. The predicted octanol–water partition coefficient (Wildman–Crippen LogP) is 1.96. The van der Waals surface area contributed by atoms with E-state index in [2.05, 4.69) is 10.0 Å². The summed E-state index contributed by atoms with van der Waals surface area (Å²) >= 11 is 0. The Balaban J connectivity index is 2.85. The molecule has 114 valence electrons. The molecule has 1 rings (SSSR count). The van der Waals surface area contributed by atoms with Crippen LogP contribution in [0.3, 0.4) is 0 Å². The van der Waals surface area contributed by atoms with Crippen LogP contribution >= 0.6 is 0 Å². The zero-order valence-corrected chi connectivity index (χ0v) is 12.9. The molecular formula is C13H21FN2O3S. The first-order valence-corrected chi connectivity index (χ1v) is 7.89. The van der Waals surface area contributed by atoms with Gasteiger partial charge in [0.1, 0.15) is 11.6 Å². The maximum atomic E-state index is 13.1. The summed E-state index contributed by atoms with van der Waals surface area (Å²) < 4.78 is 44.8. The molecule has 0 radical (unpaired) electrons. The molecule has 7 heteroatoms. The van der Waals surface area contributed by atoms with Crippen LogP contribution < -0.4 is 14.8 Å². The van der Waals surface area contributed by atoms with E-state index in [0.29, 0.717) is 6.54 Å². The van der Waals surface area contributed by atoms with E-state index < -0.39 is 21.1 Å². The van der Waals surface area contributed by atoms with Gasteiger partial charge in [-0.05, 0) is 19.1 Å². The highest BCUT2D eigenvalue weighted by atomic mass is 32.2. The molecule has 0 heterocycles. The summed E-state index contributed by atoms with van der Waals surface area (Å²) in [5.74, 6) is -0.336. The summed E-state index contributed by atoms with van der Waals surface area (Å²) in [5.41, 5.74) is 0.227. The number of sulfonamides is 1. The van der Waals surface area contributed by atoms with E-state index in [4.69, 9.17) is 4.74 Å². The predicted molar refractivity (Wildman–Crippen MR) is 78.1 cm³/mol. The zero-order valence-electron chi connectivity index (χ0n) is 12.1. The van der Waals surface area contributed by atoms with Gasteiger partial charge in [0.15, 0.2) is 0 Å². The fourth-order valence-electron chi connectivity index (χ4n) is 1.51. The van der Waals surface area contributed by atoms with Crippen molar-refractivity contribution in [2.75, 3.05) is 18.4 Å². The molecule has 1 aromatic carbocycles. The van der Waals surface area contributed by atoms with Crippen molar-refractivity contribution >= 4 is 15.7 Å². The van der Waals surface area contributed by atoms with Gasteiger partial charge < -0.3 is 10.1 Å². The molecule has 0 aliphatic rings. The van der Waals surface area contributed by atoms with Crippen LogP contribution in [0.25, 0.3) is 0 Å². The normalized spacial score (nSPS) is 13.3. The third-order valence-corrected chi connectivity index (χ3v) is 4.49. The maximum absolute atomic E-state index is 13.1. The van der Waals surface area contributed by atoms with Crippen molar-refractivity contribution in [2.24, 2.45) is 0 Å². The number of rotatable bonds is 7. The van der Waals surface area contributed by atoms with Crippen molar-refractivity contribution in [2.45, 2.75) is 32.1 Å². The Kier molecular flexibility index (Phi) is 5.76. The molecule has 2 N–H and O–H groups in total. The Morgan fingerprint density at radius 3 is 2.50 bits per heavy atom. The molecule has 0 bridgehead atoms. The second-order valence-electron chi connectivity index (χ2n) is 4.87. The van der Waals surface area contributed by atoms with Crippen molar-refractivity contribution in [3.05, 3.63) is 24.0 Å². The molecule has 0 fully saturated rings. The molecule has 1 unspecified atom stereocenters. The van der Waals surface area contributed by atoms with E-state index in [1.54, 1.807) is 6.92 Å². The van der Waals surface area contributed by atoms with Gasteiger partial charge in [0, 0.05) is 18.7 Å². The summed E-state index contributed by atoms with van der Waals surface area (Å²) in [6.07, 6.45) is 0. The van der Waals surface area contributed by atoms with Gasteiger partial charge >= 0.3 is 0 Å². The number of benzene rings is 1. The third-order valence-electron chi connectivity index (χ3n) is 2.76. The Labute approximate surface area is 119 Å². The van der Waals surface area contributed by atoms with E-state index in [9.17, 15) is 12.8 Å². The third kappa shape index (κ3) is 4.64. The standard InChI is InChI=1S/C13H21FN2O3S/c1-9(2)15-8-10(3)20(17,18)16-12-6-5-11(14)7-13(12)19-4/h5-7,9-10,15-16H,8H2,1-4H3. The second kappa shape index (κ2) is 6.90. The van der Waals surface area contributed by atoms with Crippen molar-refractivity contribution in [1.82, 2.24) is 5.32 Å². The number of halogens is 1. The Morgan fingerprint density at radius 1 is 1.30 bits per heavy atom. The van der Waals surface area contributed by atoms with Crippen LogP contribution in [-0.2, 0) is 10.0 Å². The fraction of sp³-hybridized carbons (Fsp3) is 0.538. The highest BCUT2D eigenvalue weighted by Gasteiger charge is 2.22. The average Bonchev–Trinajstić information content (AvgIpc) is 2.37. The molecule has 0 saturated carbocycles. The Bertz CT molecular complexity index is 547. The minimum atomic E-state index is -3.57. The highest BCUT2D eigenvalue weighted by Crippen LogP contribution is 2.26. The van der Waals surface area contributed by atoms with Gasteiger partial charge in [0.2, 0.25) is 10.0 Å². The lowest BCUT2D eigenvalue weighted by Crippen LogP contribution is -2.37. The Hall–Kier alpha value is -1.34. The first kappa shape index (κ1) is 16.7. The molecular weight excluding hydrogens is 283 g/mol. The summed E-state index contributed by atoms with van der Waals surface area (Å²) in [6.45, 7) is 5.82. The van der Waals surface area contributed by atoms with Gasteiger partial charge in [-0.3, -0.25) is 4.72 Å². The van der Waals surface area contributed by atoms with E-state index >= 15 is 0 Å². The van der Waals surface area contributed by atoms with Gasteiger partial charge in [-0.2, -0.15) is 0 Å². The minimum Gasteiger partial charge on any atom is -0.494 e. The lowest BCUT2D eigenvalue weighted by atomic mass is 10.3. The largest absolute Gasteiger partial charge is 0.494 e. The number of methoxy groups -OCH3 is 1. The number of hydrogen-bond acceptors (Lipinski definition) is 4. The molecule has 1 aromatic rings. The Morgan fingerprint density at radius 2 is 1.95 bits per heavy atom. The van der Waals surface area contributed by atoms with Gasteiger partial charge in [0.25, 0.3) is 0 Å². The number of anilines is 1. The van der Waals surface area contributed by atoms with Crippen molar-refractivity contribution in [3.8, 4) is 5.75 Å². The lowest BCUT2D eigenvalue weighted by molar-refractivity contribution is 0.413. The van der Waals surface area contributed by atoms with E-state index in [0.717, 1.165) is 6.07 Å². The van der Waals surface area contributed by atoms with Crippen LogP contribution in [0.2, 0.25) is 0 Å². The molecule has 0 aliphatic heterocycles. The monoisotopic (exact) mass is 304 g/mol. The van der Waals surface area contributed by atoms with Crippen molar-refractivity contribution in [3.63, 3.8) is 0 Å². The van der Waals surface area contributed by atoms with E-state index in [1.165, 1.54) is 19.2 Å². The zero-order chi connectivity index (χ0) is 15.3. The van der Waals surface area contributed by atoms with E-state index in [1.807, 2.05) is 13.8 Å². The second-order valence-corrected chi connectivity index (χ2v) is 6.96. The van der Waals surface area contributed by atoms with Gasteiger partial charge in [-0.1, -0.05) is 13.8 Å². The van der Waals surface area contributed by atoms with Gasteiger partial charge in [0.05, 0.1) is 18.0 Å². The van der Waals surface area contributed by atoms with Crippen LogP contribution in [0.5, 0.6) is 5.75 Å². The quantitative estimate of drug-likeness (QED) is 0.808. The first-order chi connectivity index (χ1) is 9.26. The molecule has 0 aliphatic carbocycles. The maximum Gasteiger partial charge on any atom is 0.236 e.